The molecule has 0 amide bonds. The molecule has 3 aromatic rings. The van der Waals surface area contributed by atoms with E-state index in [0.717, 1.165) is 23.1 Å². The Bertz CT molecular complexity index is 1190. The van der Waals surface area contributed by atoms with Crippen LogP contribution in [-0.4, -0.2) is 67.5 Å². The van der Waals surface area contributed by atoms with Crippen molar-refractivity contribution in [1.29, 1.82) is 0 Å². The molecule has 38 heavy (non-hydrogen) atoms. The molecule has 0 radical (unpaired) electrons. The zero-order valence-corrected chi connectivity index (χ0v) is 21.7. The third kappa shape index (κ3) is 7.03. The minimum atomic E-state index is -4.48. The molecule has 11 heteroatoms. The Balaban J connectivity index is 1.57. The van der Waals surface area contributed by atoms with Crippen LogP contribution in [0.3, 0.4) is 0 Å². The van der Waals surface area contributed by atoms with Gasteiger partial charge in [-0.3, -0.25) is 0 Å². The van der Waals surface area contributed by atoms with Gasteiger partial charge in [0.15, 0.2) is 0 Å². The van der Waals surface area contributed by atoms with Crippen molar-refractivity contribution in [3.63, 3.8) is 0 Å². The summed E-state index contributed by atoms with van der Waals surface area (Å²) < 4.78 is 52.0. The first-order valence-corrected chi connectivity index (χ1v) is 12.8. The molecule has 0 aliphatic carbocycles. The van der Waals surface area contributed by atoms with Gasteiger partial charge in [0.2, 0.25) is 5.95 Å². The lowest BCUT2D eigenvalue weighted by molar-refractivity contribution is -0.137. The first-order valence-electron chi connectivity index (χ1n) is 12.8. The Hall–Kier alpha value is -3.60. The highest BCUT2D eigenvalue weighted by atomic mass is 19.4. The molecule has 8 nitrogen and oxygen atoms in total. The van der Waals surface area contributed by atoms with Gasteiger partial charge in [-0.05, 0) is 37.6 Å². The lowest BCUT2D eigenvalue weighted by atomic mass is 10.1. The van der Waals surface area contributed by atoms with Crippen LogP contribution >= 0.6 is 0 Å². The van der Waals surface area contributed by atoms with Crippen molar-refractivity contribution < 1.29 is 22.6 Å². The summed E-state index contributed by atoms with van der Waals surface area (Å²) >= 11 is 0. The lowest BCUT2D eigenvalue weighted by Gasteiger charge is -2.28. The number of rotatable bonds is 11. The molecule has 1 N–H and O–H groups in total. The second-order valence-corrected chi connectivity index (χ2v) is 8.78. The van der Waals surface area contributed by atoms with E-state index < -0.39 is 11.7 Å². The second kappa shape index (κ2) is 12.8. The number of nitrogens with one attached hydrogen (secondary N) is 1. The molecule has 1 saturated heterocycles. The standard InChI is InChI=1S/C27H33F3N6O2/c1-3-12-35(25-22(27(28,29)30)9-6-10-32-25)13-11-31-24-19-23(20-7-5-8-21(18-20)38-4-2)33-26(34-24)36-14-16-37-17-15-36/h5-10,18-19H,3-4,11-17H2,1-2H3,(H,31,33,34). The summed E-state index contributed by atoms with van der Waals surface area (Å²) in [6.07, 6.45) is -2.40. The van der Waals surface area contributed by atoms with E-state index in [9.17, 15) is 13.2 Å². The van der Waals surface area contributed by atoms with Crippen molar-refractivity contribution in [2.75, 3.05) is 67.7 Å². The van der Waals surface area contributed by atoms with Crippen molar-refractivity contribution in [2.45, 2.75) is 26.4 Å². The van der Waals surface area contributed by atoms with E-state index in [2.05, 4.69) is 15.2 Å². The number of anilines is 3. The number of halogens is 3. The zero-order valence-electron chi connectivity index (χ0n) is 21.7. The number of alkyl halides is 3. The van der Waals surface area contributed by atoms with Crippen LogP contribution in [0.2, 0.25) is 0 Å². The van der Waals surface area contributed by atoms with Crippen LogP contribution in [-0.2, 0) is 10.9 Å². The summed E-state index contributed by atoms with van der Waals surface area (Å²) in [5.74, 6) is 1.85. The molecular weight excluding hydrogens is 497 g/mol. The smallest absolute Gasteiger partial charge is 0.419 e. The molecule has 1 fully saturated rings. The Morgan fingerprint density at radius 3 is 2.61 bits per heavy atom. The van der Waals surface area contributed by atoms with Gasteiger partial charge in [0.1, 0.15) is 17.4 Å². The number of hydrogen-bond donors (Lipinski definition) is 1. The highest BCUT2D eigenvalue weighted by Gasteiger charge is 2.35. The second-order valence-electron chi connectivity index (χ2n) is 8.78. The molecule has 0 spiro atoms. The average molecular weight is 531 g/mol. The number of hydrogen-bond acceptors (Lipinski definition) is 8. The van der Waals surface area contributed by atoms with E-state index in [1.807, 2.05) is 44.2 Å². The molecule has 3 heterocycles. The van der Waals surface area contributed by atoms with E-state index in [0.29, 0.717) is 70.7 Å². The summed E-state index contributed by atoms with van der Waals surface area (Å²) in [7, 11) is 0. The van der Waals surface area contributed by atoms with E-state index in [1.165, 1.54) is 12.3 Å². The predicted octanol–water partition coefficient (Wildman–Crippen LogP) is 5.12. The van der Waals surface area contributed by atoms with Crippen LogP contribution in [0.15, 0.2) is 48.7 Å². The summed E-state index contributed by atoms with van der Waals surface area (Å²) in [6, 6.07) is 11.9. The predicted molar refractivity (Wildman–Crippen MR) is 142 cm³/mol. The Kier molecular flexibility index (Phi) is 9.22. The highest BCUT2D eigenvalue weighted by Crippen LogP contribution is 2.35. The summed E-state index contributed by atoms with van der Waals surface area (Å²) in [5, 5.41) is 3.30. The van der Waals surface area contributed by atoms with Crippen molar-refractivity contribution >= 4 is 17.6 Å². The summed E-state index contributed by atoms with van der Waals surface area (Å²) in [5.41, 5.74) is 0.869. The van der Waals surface area contributed by atoms with Gasteiger partial charge in [-0.25, -0.2) is 9.97 Å². The number of aromatic nitrogens is 3. The van der Waals surface area contributed by atoms with Crippen LogP contribution in [0, 0.1) is 0 Å². The van der Waals surface area contributed by atoms with Crippen LogP contribution in [0.25, 0.3) is 11.3 Å². The molecule has 0 saturated carbocycles. The van der Waals surface area contributed by atoms with E-state index in [4.69, 9.17) is 19.4 Å². The Labute approximate surface area is 220 Å². The monoisotopic (exact) mass is 530 g/mol. The molecule has 1 aromatic carbocycles. The zero-order chi connectivity index (χ0) is 27.0. The minimum absolute atomic E-state index is 0.0613. The molecule has 4 rings (SSSR count). The molecule has 0 bridgehead atoms. The maximum absolute atomic E-state index is 13.6. The Morgan fingerprint density at radius 2 is 1.87 bits per heavy atom. The third-order valence-corrected chi connectivity index (χ3v) is 6.02. The molecule has 204 valence electrons. The molecule has 2 aromatic heterocycles. The highest BCUT2D eigenvalue weighted by molar-refractivity contribution is 5.66. The van der Waals surface area contributed by atoms with Gasteiger partial charge in [0.25, 0.3) is 0 Å². The quantitative estimate of drug-likeness (QED) is 0.366. The fourth-order valence-corrected chi connectivity index (χ4v) is 4.27. The number of nitrogens with zero attached hydrogens (tertiary/aromatic N) is 5. The Morgan fingerprint density at radius 1 is 1.05 bits per heavy atom. The SMILES string of the molecule is CCCN(CCNc1cc(-c2cccc(OCC)c2)nc(N2CCOCC2)n1)c1ncccc1C(F)(F)F. The number of morpholine rings is 1. The van der Waals surface area contributed by atoms with Crippen molar-refractivity contribution in [1.82, 2.24) is 15.0 Å². The van der Waals surface area contributed by atoms with Crippen molar-refractivity contribution in [2.24, 2.45) is 0 Å². The van der Waals surface area contributed by atoms with Crippen molar-refractivity contribution in [3.05, 3.63) is 54.2 Å². The number of pyridine rings is 1. The van der Waals surface area contributed by atoms with Crippen LogP contribution in [0.5, 0.6) is 5.75 Å². The van der Waals surface area contributed by atoms with E-state index >= 15 is 0 Å². The van der Waals surface area contributed by atoms with Crippen LogP contribution < -0.4 is 19.9 Å². The van der Waals surface area contributed by atoms with E-state index in [1.54, 1.807) is 4.90 Å². The minimum Gasteiger partial charge on any atom is -0.494 e. The van der Waals surface area contributed by atoms with Gasteiger partial charge >= 0.3 is 6.18 Å². The van der Waals surface area contributed by atoms with Gasteiger partial charge in [0, 0.05) is 50.6 Å². The largest absolute Gasteiger partial charge is 0.494 e. The maximum Gasteiger partial charge on any atom is 0.419 e. The lowest BCUT2D eigenvalue weighted by Crippen LogP contribution is -2.37. The van der Waals surface area contributed by atoms with Crippen molar-refractivity contribution in [3.8, 4) is 17.0 Å². The van der Waals surface area contributed by atoms with Gasteiger partial charge in [-0.15, -0.1) is 0 Å². The number of benzene rings is 1. The fraction of sp³-hybridized carbons (Fsp3) is 0.444. The number of ether oxygens (including phenoxy) is 2. The van der Waals surface area contributed by atoms with Crippen LogP contribution in [0.4, 0.5) is 30.8 Å². The van der Waals surface area contributed by atoms with Gasteiger partial charge < -0.3 is 24.6 Å². The van der Waals surface area contributed by atoms with Gasteiger partial charge in [0.05, 0.1) is 31.1 Å². The van der Waals surface area contributed by atoms with E-state index in [-0.39, 0.29) is 5.82 Å². The summed E-state index contributed by atoms with van der Waals surface area (Å²) in [6.45, 7) is 8.07. The topological polar surface area (TPSA) is 75.6 Å². The van der Waals surface area contributed by atoms with Gasteiger partial charge in [-0.2, -0.15) is 18.2 Å². The van der Waals surface area contributed by atoms with Crippen LogP contribution in [0.1, 0.15) is 25.8 Å². The first kappa shape index (κ1) is 27.4. The maximum atomic E-state index is 13.6. The summed E-state index contributed by atoms with van der Waals surface area (Å²) in [4.78, 5) is 17.3. The fourth-order valence-electron chi connectivity index (χ4n) is 4.27. The molecule has 0 atom stereocenters. The molecule has 1 aliphatic rings. The average Bonchev–Trinajstić information content (AvgIpc) is 2.93. The molecule has 1 aliphatic heterocycles. The van der Waals surface area contributed by atoms with Gasteiger partial charge in [-0.1, -0.05) is 19.1 Å². The molecule has 0 unspecified atom stereocenters. The first-order chi connectivity index (χ1) is 18.4. The third-order valence-electron chi connectivity index (χ3n) is 6.02. The normalized spacial score (nSPS) is 13.9. The molecular formula is C27H33F3N6O2.